The summed E-state index contributed by atoms with van der Waals surface area (Å²) in [7, 11) is 0. The largest absolute Gasteiger partial charge is 0.325 e. The van der Waals surface area contributed by atoms with E-state index in [1.54, 1.807) is 0 Å². The first-order valence-electron chi connectivity index (χ1n) is 6.61. The van der Waals surface area contributed by atoms with Crippen molar-refractivity contribution in [1.82, 2.24) is 10.2 Å². The van der Waals surface area contributed by atoms with Gasteiger partial charge >= 0.3 is 6.03 Å². The van der Waals surface area contributed by atoms with E-state index in [-0.39, 0.29) is 23.8 Å². The number of nitrogens with one attached hydrogen (secondary N) is 1. The fraction of sp³-hybridized carbons (Fsp3) is 0.714. The molecule has 2 rings (SSSR count). The minimum atomic E-state index is -0.691. The molecule has 1 saturated heterocycles. The third kappa shape index (κ3) is 1.69. The molecule has 1 aliphatic carbocycles. The van der Waals surface area contributed by atoms with E-state index < -0.39 is 5.54 Å². The number of urea groups is 1. The number of terminal acetylenes is 1. The molecule has 1 spiro atoms. The van der Waals surface area contributed by atoms with Gasteiger partial charge in [-0.3, -0.25) is 9.69 Å². The van der Waals surface area contributed by atoms with Crippen molar-refractivity contribution in [1.29, 1.82) is 0 Å². The molecule has 98 valence electrons. The Kier molecular flexibility index (Phi) is 3.34. The van der Waals surface area contributed by atoms with E-state index in [0.29, 0.717) is 13.0 Å². The molecule has 1 heterocycles. The van der Waals surface area contributed by atoms with Crippen LogP contribution in [0.25, 0.3) is 0 Å². The van der Waals surface area contributed by atoms with Crippen LogP contribution in [-0.2, 0) is 4.79 Å². The highest BCUT2D eigenvalue weighted by Crippen LogP contribution is 2.42. The Bertz CT molecular complexity index is 401. The van der Waals surface area contributed by atoms with E-state index in [4.69, 9.17) is 6.42 Å². The highest BCUT2D eigenvalue weighted by Gasteiger charge is 2.57. The zero-order chi connectivity index (χ0) is 13.3. The van der Waals surface area contributed by atoms with Crippen molar-refractivity contribution in [3.05, 3.63) is 0 Å². The summed E-state index contributed by atoms with van der Waals surface area (Å²) >= 11 is 0. The van der Waals surface area contributed by atoms with Gasteiger partial charge in [0.15, 0.2) is 0 Å². The van der Waals surface area contributed by atoms with E-state index in [0.717, 1.165) is 19.3 Å². The summed E-state index contributed by atoms with van der Waals surface area (Å²) in [6.07, 6.45) is 8.71. The average molecular weight is 248 g/mol. The minimum absolute atomic E-state index is 0.0811. The zero-order valence-corrected chi connectivity index (χ0v) is 11.0. The molecule has 1 N–H and O–H groups in total. The Morgan fingerprint density at radius 2 is 2.00 bits per heavy atom. The van der Waals surface area contributed by atoms with Gasteiger partial charge in [-0.15, -0.1) is 12.3 Å². The quantitative estimate of drug-likeness (QED) is 0.598. The second-order valence-electron chi connectivity index (χ2n) is 5.44. The lowest BCUT2D eigenvalue weighted by atomic mass is 9.67. The van der Waals surface area contributed by atoms with Gasteiger partial charge in [0.25, 0.3) is 5.91 Å². The molecule has 1 aliphatic heterocycles. The molecule has 4 heteroatoms. The molecule has 2 unspecified atom stereocenters. The maximum atomic E-state index is 12.6. The van der Waals surface area contributed by atoms with Crippen molar-refractivity contribution < 1.29 is 9.59 Å². The molecule has 2 aliphatic rings. The molecule has 0 aromatic heterocycles. The molecule has 18 heavy (non-hydrogen) atoms. The van der Waals surface area contributed by atoms with Crippen LogP contribution in [0.4, 0.5) is 4.79 Å². The Hall–Kier alpha value is -1.50. The van der Waals surface area contributed by atoms with Gasteiger partial charge in [0.2, 0.25) is 0 Å². The molecule has 2 atom stereocenters. The van der Waals surface area contributed by atoms with E-state index >= 15 is 0 Å². The van der Waals surface area contributed by atoms with Crippen LogP contribution in [0.1, 0.15) is 39.5 Å². The normalized spacial score (nSPS) is 35.7. The Morgan fingerprint density at radius 3 is 2.56 bits per heavy atom. The maximum absolute atomic E-state index is 12.6. The molecule has 0 bridgehead atoms. The lowest BCUT2D eigenvalue weighted by Crippen LogP contribution is -2.58. The van der Waals surface area contributed by atoms with Crippen LogP contribution in [0.3, 0.4) is 0 Å². The predicted octanol–water partition coefficient (Wildman–Crippen LogP) is 1.76. The van der Waals surface area contributed by atoms with Crippen molar-refractivity contribution in [3.8, 4) is 12.3 Å². The number of carbonyl (C=O) groups is 2. The first-order valence-corrected chi connectivity index (χ1v) is 6.61. The number of carbonyl (C=O) groups excluding carboxylic acids is 2. The van der Waals surface area contributed by atoms with Gasteiger partial charge in [0, 0.05) is 13.0 Å². The van der Waals surface area contributed by atoms with E-state index in [9.17, 15) is 9.59 Å². The highest BCUT2D eigenvalue weighted by atomic mass is 16.2. The molecule has 3 amide bonds. The van der Waals surface area contributed by atoms with Crippen molar-refractivity contribution in [2.45, 2.75) is 45.1 Å². The predicted molar refractivity (Wildman–Crippen MR) is 68.6 cm³/mol. The maximum Gasteiger partial charge on any atom is 0.325 e. The number of hydrogen-bond donors (Lipinski definition) is 1. The van der Waals surface area contributed by atoms with Gasteiger partial charge < -0.3 is 5.32 Å². The lowest BCUT2D eigenvalue weighted by molar-refractivity contribution is -0.136. The summed E-state index contributed by atoms with van der Waals surface area (Å²) in [5.41, 5.74) is -0.691. The van der Waals surface area contributed by atoms with Crippen LogP contribution in [0, 0.1) is 24.2 Å². The number of amides is 3. The first-order chi connectivity index (χ1) is 8.54. The molecule has 0 aromatic carbocycles. The highest BCUT2D eigenvalue weighted by molar-refractivity contribution is 6.07. The second-order valence-corrected chi connectivity index (χ2v) is 5.44. The van der Waals surface area contributed by atoms with Crippen molar-refractivity contribution in [3.63, 3.8) is 0 Å². The monoisotopic (exact) mass is 248 g/mol. The molecule has 1 saturated carbocycles. The van der Waals surface area contributed by atoms with Crippen LogP contribution in [0.2, 0.25) is 0 Å². The Balaban J connectivity index is 2.27. The van der Waals surface area contributed by atoms with Crippen LogP contribution >= 0.6 is 0 Å². The van der Waals surface area contributed by atoms with Crippen LogP contribution in [-0.4, -0.2) is 28.9 Å². The van der Waals surface area contributed by atoms with Crippen LogP contribution in [0.5, 0.6) is 0 Å². The molecule has 0 radical (unpaired) electrons. The minimum Gasteiger partial charge on any atom is -0.323 e. The van der Waals surface area contributed by atoms with Crippen molar-refractivity contribution >= 4 is 11.9 Å². The Labute approximate surface area is 108 Å². The van der Waals surface area contributed by atoms with Gasteiger partial charge in [-0.2, -0.15) is 0 Å². The van der Waals surface area contributed by atoms with Gasteiger partial charge in [-0.1, -0.05) is 20.3 Å². The topological polar surface area (TPSA) is 49.4 Å². The van der Waals surface area contributed by atoms with Crippen molar-refractivity contribution in [2.24, 2.45) is 11.8 Å². The summed E-state index contributed by atoms with van der Waals surface area (Å²) in [5, 5.41) is 2.95. The lowest BCUT2D eigenvalue weighted by Gasteiger charge is -2.42. The van der Waals surface area contributed by atoms with E-state index in [2.05, 4.69) is 25.1 Å². The van der Waals surface area contributed by atoms with Gasteiger partial charge in [-0.25, -0.2) is 4.79 Å². The molecular weight excluding hydrogens is 228 g/mol. The average Bonchev–Trinajstić information content (AvgIpc) is 2.58. The van der Waals surface area contributed by atoms with Gasteiger partial charge in [0.1, 0.15) is 5.54 Å². The molecule has 0 aromatic rings. The number of nitrogens with zero attached hydrogens (tertiary/aromatic N) is 1. The summed E-state index contributed by atoms with van der Waals surface area (Å²) in [6, 6.07) is -0.282. The fourth-order valence-electron chi connectivity index (χ4n) is 3.33. The van der Waals surface area contributed by atoms with E-state index in [1.165, 1.54) is 4.90 Å². The SMILES string of the molecule is C#CCCN1C(=O)NC2(C1=O)C(C)CCCC2C. The van der Waals surface area contributed by atoms with Crippen LogP contribution < -0.4 is 5.32 Å². The third-order valence-corrected chi connectivity index (χ3v) is 4.47. The van der Waals surface area contributed by atoms with Gasteiger partial charge in [-0.05, 0) is 24.7 Å². The fourth-order valence-corrected chi connectivity index (χ4v) is 3.33. The smallest absolute Gasteiger partial charge is 0.323 e. The van der Waals surface area contributed by atoms with Crippen molar-refractivity contribution in [2.75, 3.05) is 6.54 Å². The second kappa shape index (κ2) is 4.64. The summed E-state index contributed by atoms with van der Waals surface area (Å²) in [4.78, 5) is 25.9. The Morgan fingerprint density at radius 1 is 1.39 bits per heavy atom. The molecule has 2 fully saturated rings. The van der Waals surface area contributed by atoms with E-state index in [1.807, 2.05) is 0 Å². The van der Waals surface area contributed by atoms with Gasteiger partial charge in [0.05, 0.1) is 0 Å². The first kappa shape index (κ1) is 12.9. The standard InChI is InChI=1S/C14H20N2O2/c1-4-5-9-16-12(17)14(15-13(16)18)10(2)7-6-8-11(14)3/h1,10-11H,5-9H2,2-3H3,(H,15,18). The zero-order valence-electron chi connectivity index (χ0n) is 11.0. The number of hydrogen-bond acceptors (Lipinski definition) is 2. The number of rotatable bonds is 2. The van der Waals surface area contributed by atoms with Crippen LogP contribution in [0.15, 0.2) is 0 Å². The summed E-state index contributed by atoms with van der Waals surface area (Å²) < 4.78 is 0. The summed E-state index contributed by atoms with van der Waals surface area (Å²) in [5.74, 6) is 2.77. The third-order valence-electron chi connectivity index (χ3n) is 4.47. The summed E-state index contributed by atoms with van der Waals surface area (Å²) in [6.45, 7) is 4.43. The molecule has 4 nitrogen and oxygen atoms in total. The number of imide groups is 1. The molecular formula is C14H20N2O2.